The van der Waals surface area contributed by atoms with Crippen LogP contribution in [-0.2, 0) is 4.79 Å². The molecule has 1 aliphatic heterocycles. The smallest absolute Gasteiger partial charge is 0.325 e. The second-order valence-corrected chi connectivity index (χ2v) is 6.36. The average Bonchev–Trinajstić information content (AvgIpc) is 2.79. The molecule has 1 N–H and O–H groups in total. The van der Waals surface area contributed by atoms with E-state index in [1.807, 2.05) is 24.9 Å². The van der Waals surface area contributed by atoms with Crippen LogP contribution in [0.2, 0.25) is 5.02 Å². The van der Waals surface area contributed by atoms with Gasteiger partial charge in [0, 0.05) is 24.3 Å². The van der Waals surface area contributed by atoms with Gasteiger partial charge in [0.05, 0.1) is 0 Å². The number of carbonyl (C=O) groups is 2. The molecule has 0 radical (unpaired) electrons. The summed E-state index contributed by atoms with van der Waals surface area (Å²) in [5.41, 5.74) is 1.89. The molecule has 1 aromatic rings. The van der Waals surface area contributed by atoms with Crippen molar-refractivity contribution in [2.75, 3.05) is 13.1 Å². The Kier molecular flexibility index (Phi) is 6.04. The van der Waals surface area contributed by atoms with Crippen LogP contribution in [0.3, 0.4) is 0 Å². The summed E-state index contributed by atoms with van der Waals surface area (Å²) in [6, 6.07) is 6.05. The van der Waals surface area contributed by atoms with E-state index in [0.29, 0.717) is 18.0 Å². The van der Waals surface area contributed by atoms with Crippen LogP contribution in [-0.4, -0.2) is 34.8 Å². The third-order valence-corrected chi connectivity index (χ3v) is 3.92. The molecule has 128 valence electrons. The lowest BCUT2D eigenvalue weighted by molar-refractivity contribution is -0.121. The second-order valence-electron chi connectivity index (χ2n) is 5.93. The third kappa shape index (κ3) is 4.38. The van der Waals surface area contributed by atoms with Gasteiger partial charge in [0.2, 0.25) is 0 Å². The Hall–Kier alpha value is -2.27. The van der Waals surface area contributed by atoms with Crippen LogP contribution in [0.15, 0.2) is 48.8 Å². The van der Waals surface area contributed by atoms with E-state index >= 15 is 0 Å². The number of rotatable bonds is 7. The molecule has 5 nitrogen and oxygen atoms in total. The number of imide groups is 1. The minimum absolute atomic E-state index is 0.313. The Bertz CT molecular complexity index is 668. The molecule has 1 heterocycles. The van der Waals surface area contributed by atoms with E-state index in [4.69, 9.17) is 11.6 Å². The predicted octanol–water partition coefficient (Wildman–Crippen LogP) is 3.69. The van der Waals surface area contributed by atoms with Crippen LogP contribution in [0.1, 0.15) is 31.9 Å². The molecule has 24 heavy (non-hydrogen) atoms. The number of carbonyl (C=O) groups excluding carboxylic acids is 2. The molecule has 6 heteroatoms. The first-order valence-corrected chi connectivity index (χ1v) is 8.20. The summed E-state index contributed by atoms with van der Waals surface area (Å²) in [5, 5.41) is 2.92. The topological polar surface area (TPSA) is 52.6 Å². The lowest BCUT2D eigenvalue weighted by Crippen LogP contribution is -2.32. The minimum Gasteiger partial charge on any atom is -0.355 e. The van der Waals surface area contributed by atoms with Crippen molar-refractivity contribution in [1.82, 2.24) is 15.1 Å². The Labute approximate surface area is 147 Å². The van der Waals surface area contributed by atoms with Crippen molar-refractivity contribution >= 4 is 23.5 Å². The Morgan fingerprint density at radius 2 is 2.17 bits per heavy atom. The first kappa shape index (κ1) is 18.1. The van der Waals surface area contributed by atoms with E-state index in [1.165, 1.54) is 5.57 Å². The van der Waals surface area contributed by atoms with Crippen molar-refractivity contribution in [1.29, 1.82) is 0 Å². The highest BCUT2D eigenvalue weighted by molar-refractivity contribution is 6.30. The molecule has 0 aliphatic carbocycles. The number of hydrogen-bond acceptors (Lipinski definition) is 3. The maximum atomic E-state index is 12.2. The molecule has 1 aliphatic rings. The first-order valence-electron chi connectivity index (χ1n) is 7.82. The first-order chi connectivity index (χ1) is 11.4. The van der Waals surface area contributed by atoms with E-state index in [0.717, 1.165) is 12.1 Å². The maximum absolute atomic E-state index is 12.2. The van der Waals surface area contributed by atoms with Crippen LogP contribution in [0.4, 0.5) is 4.79 Å². The highest BCUT2D eigenvalue weighted by Gasteiger charge is 2.38. The molecule has 1 aromatic carbocycles. The molecule has 0 bridgehead atoms. The Morgan fingerprint density at radius 3 is 2.79 bits per heavy atom. The highest BCUT2D eigenvalue weighted by Crippen LogP contribution is 2.27. The van der Waals surface area contributed by atoms with Gasteiger partial charge in [0.1, 0.15) is 6.04 Å². The van der Waals surface area contributed by atoms with Gasteiger partial charge in [-0.1, -0.05) is 35.9 Å². The summed E-state index contributed by atoms with van der Waals surface area (Å²) in [4.78, 5) is 27.8. The molecule has 1 atom stereocenters. The molecule has 0 spiro atoms. The second kappa shape index (κ2) is 8.02. The number of nitrogens with zero attached hydrogens (tertiary/aromatic N) is 2. The van der Waals surface area contributed by atoms with E-state index in [1.54, 1.807) is 35.4 Å². The van der Waals surface area contributed by atoms with Crippen molar-refractivity contribution in [2.45, 2.75) is 26.3 Å². The number of hydrogen-bond donors (Lipinski definition) is 1. The number of amides is 3. The number of urea groups is 1. The standard InChI is InChI=1S/C18H22ClN3O2/c1-4-21(12-13(2)3)9-6-10-22-16(17(23)20-18(22)24)14-7-5-8-15(19)11-14/h4-5,7-8,11-12,16H,1,6,9-10H2,2-3H3,(H,20,23,24). The van der Waals surface area contributed by atoms with Gasteiger partial charge in [-0.3, -0.25) is 10.1 Å². The van der Waals surface area contributed by atoms with Crippen LogP contribution in [0, 0.1) is 0 Å². The molecule has 0 aromatic heterocycles. The largest absolute Gasteiger partial charge is 0.355 e. The lowest BCUT2D eigenvalue weighted by atomic mass is 10.1. The van der Waals surface area contributed by atoms with Gasteiger partial charge in [0.15, 0.2) is 0 Å². The SMILES string of the molecule is C=CN(C=C(C)C)CCCN1C(=O)NC(=O)C1c1cccc(Cl)c1. The number of halogens is 1. The number of allylic oxidation sites excluding steroid dienone is 1. The minimum atomic E-state index is -0.628. The fraction of sp³-hybridized carbons (Fsp3) is 0.333. The summed E-state index contributed by atoms with van der Waals surface area (Å²) in [7, 11) is 0. The van der Waals surface area contributed by atoms with Crippen LogP contribution in [0.5, 0.6) is 0 Å². The molecule has 3 amide bonds. The molecule has 2 rings (SSSR count). The molecule has 1 fully saturated rings. The molecular formula is C18H22ClN3O2. The van der Waals surface area contributed by atoms with Crippen molar-refractivity contribution in [3.8, 4) is 0 Å². The van der Waals surface area contributed by atoms with Crippen LogP contribution in [0.25, 0.3) is 0 Å². The zero-order chi connectivity index (χ0) is 17.7. The molecule has 1 unspecified atom stereocenters. The van der Waals surface area contributed by atoms with Crippen molar-refractivity contribution in [3.63, 3.8) is 0 Å². The van der Waals surface area contributed by atoms with Gasteiger partial charge in [-0.05, 0) is 44.2 Å². The highest BCUT2D eigenvalue weighted by atomic mass is 35.5. The van der Waals surface area contributed by atoms with E-state index in [9.17, 15) is 9.59 Å². The van der Waals surface area contributed by atoms with Crippen LogP contribution >= 0.6 is 11.6 Å². The number of nitrogens with one attached hydrogen (secondary N) is 1. The predicted molar refractivity (Wildman–Crippen MR) is 95.4 cm³/mol. The maximum Gasteiger partial charge on any atom is 0.325 e. The van der Waals surface area contributed by atoms with E-state index in [2.05, 4.69) is 11.9 Å². The summed E-state index contributed by atoms with van der Waals surface area (Å²) >= 11 is 6.01. The number of benzene rings is 1. The van der Waals surface area contributed by atoms with Crippen molar-refractivity contribution in [3.05, 3.63) is 59.4 Å². The zero-order valence-electron chi connectivity index (χ0n) is 14.0. The molecule has 1 saturated heterocycles. The zero-order valence-corrected chi connectivity index (χ0v) is 14.7. The summed E-state index contributed by atoms with van der Waals surface area (Å²) in [5.74, 6) is -0.313. The quantitative estimate of drug-likeness (QED) is 0.765. The molecule has 0 saturated carbocycles. The van der Waals surface area contributed by atoms with Crippen molar-refractivity contribution < 1.29 is 9.59 Å². The molecular weight excluding hydrogens is 326 g/mol. The van der Waals surface area contributed by atoms with Gasteiger partial charge >= 0.3 is 6.03 Å². The fourth-order valence-electron chi connectivity index (χ4n) is 2.71. The fourth-order valence-corrected chi connectivity index (χ4v) is 2.91. The van der Waals surface area contributed by atoms with Crippen molar-refractivity contribution in [2.24, 2.45) is 0 Å². The summed E-state index contributed by atoms with van der Waals surface area (Å²) < 4.78 is 0. The third-order valence-electron chi connectivity index (χ3n) is 3.69. The van der Waals surface area contributed by atoms with Gasteiger partial charge in [0.25, 0.3) is 5.91 Å². The summed E-state index contributed by atoms with van der Waals surface area (Å²) in [6.07, 6.45) is 4.46. The Morgan fingerprint density at radius 1 is 1.42 bits per heavy atom. The van der Waals surface area contributed by atoms with Crippen LogP contribution < -0.4 is 5.32 Å². The van der Waals surface area contributed by atoms with E-state index in [-0.39, 0.29) is 11.9 Å². The monoisotopic (exact) mass is 347 g/mol. The van der Waals surface area contributed by atoms with Gasteiger partial charge in [-0.25, -0.2) is 4.79 Å². The van der Waals surface area contributed by atoms with Gasteiger partial charge in [-0.2, -0.15) is 0 Å². The van der Waals surface area contributed by atoms with Gasteiger partial charge < -0.3 is 9.80 Å². The van der Waals surface area contributed by atoms with E-state index < -0.39 is 6.04 Å². The summed E-state index contributed by atoms with van der Waals surface area (Å²) in [6.45, 7) is 8.99. The normalized spacial score (nSPS) is 16.8. The average molecular weight is 348 g/mol. The Balaban J connectivity index is 2.06. The van der Waals surface area contributed by atoms with Gasteiger partial charge in [-0.15, -0.1) is 0 Å². The lowest BCUT2D eigenvalue weighted by Gasteiger charge is -2.23.